The van der Waals surface area contributed by atoms with Crippen molar-refractivity contribution in [2.45, 2.75) is 26.3 Å². The number of hydrogen-bond donors (Lipinski definition) is 2. The van der Waals surface area contributed by atoms with Crippen molar-refractivity contribution in [2.24, 2.45) is 0 Å². The second-order valence-corrected chi connectivity index (χ2v) is 4.66. The zero-order valence-corrected chi connectivity index (χ0v) is 9.85. The molecular weight excluding hydrogens is 224 g/mol. The van der Waals surface area contributed by atoms with Gasteiger partial charge in [0.15, 0.2) is 5.75 Å². The molecule has 0 aliphatic rings. The van der Waals surface area contributed by atoms with Gasteiger partial charge in [-0.2, -0.15) is 0 Å². The Balaban J connectivity index is 2.98. The van der Waals surface area contributed by atoms with Gasteiger partial charge in [-0.1, -0.05) is 0 Å². The van der Waals surface area contributed by atoms with Gasteiger partial charge in [-0.3, -0.25) is 14.9 Å². The number of rotatable bonds is 2. The van der Waals surface area contributed by atoms with Crippen molar-refractivity contribution in [3.05, 3.63) is 33.9 Å². The van der Waals surface area contributed by atoms with Gasteiger partial charge in [-0.25, -0.2) is 0 Å². The molecule has 0 heterocycles. The Hall–Kier alpha value is -2.11. The number of nitrogens with zero attached hydrogens (tertiary/aromatic N) is 1. The zero-order valence-electron chi connectivity index (χ0n) is 9.85. The van der Waals surface area contributed by atoms with Crippen molar-refractivity contribution in [2.75, 3.05) is 0 Å². The summed E-state index contributed by atoms with van der Waals surface area (Å²) < 4.78 is 0. The summed E-state index contributed by atoms with van der Waals surface area (Å²) in [4.78, 5) is 21.5. The summed E-state index contributed by atoms with van der Waals surface area (Å²) in [7, 11) is 0. The number of nitrogens with one attached hydrogen (secondary N) is 1. The second kappa shape index (κ2) is 4.40. The fraction of sp³-hybridized carbons (Fsp3) is 0.364. The molecule has 1 amide bonds. The summed E-state index contributed by atoms with van der Waals surface area (Å²) in [6, 6.07) is 3.49. The molecule has 6 heteroatoms. The number of hydrogen-bond acceptors (Lipinski definition) is 4. The summed E-state index contributed by atoms with van der Waals surface area (Å²) >= 11 is 0. The third-order valence-corrected chi connectivity index (χ3v) is 1.92. The van der Waals surface area contributed by atoms with Crippen LogP contribution in [-0.2, 0) is 0 Å². The van der Waals surface area contributed by atoms with E-state index in [-0.39, 0.29) is 11.5 Å². The molecule has 0 unspecified atom stereocenters. The van der Waals surface area contributed by atoms with E-state index >= 15 is 0 Å². The van der Waals surface area contributed by atoms with Gasteiger partial charge in [0.2, 0.25) is 0 Å². The van der Waals surface area contributed by atoms with Gasteiger partial charge < -0.3 is 10.4 Å². The van der Waals surface area contributed by atoms with Crippen LogP contribution in [0.2, 0.25) is 0 Å². The minimum Gasteiger partial charge on any atom is -0.502 e. The normalized spacial score (nSPS) is 11.0. The minimum absolute atomic E-state index is 0.183. The van der Waals surface area contributed by atoms with Gasteiger partial charge in [-0.15, -0.1) is 0 Å². The van der Waals surface area contributed by atoms with Crippen LogP contribution in [0.1, 0.15) is 31.1 Å². The molecule has 0 aromatic heterocycles. The van der Waals surface area contributed by atoms with Crippen molar-refractivity contribution < 1.29 is 14.8 Å². The molecule has 1 aromatic carbocycles. The summed E-state index contributed by atoms with van der Waals surface area (Å²) in [5.74, 6) is -0.903. The molecule has 0 spiro atoms. The summed E-state index contributed by atoms with van der Waals surface area (Å²) in [6.07, 6.45) is 0. The smallest absolute Gasteiger partial charge is 0.310 e. The van der Waals surface area contributed by atoms with E-state index in [0.717, 1.165) is 12.1 Å². The first-order valence-corrected chi connectivity index (χ1v) is 5.00. The van der Waals surface area contributed by atoms with Crippen LogP contribution in [0, 0.1) is 10.1 Å². The highest BCUT2D eigenvalue weighted by Gasteiger charge is 2.19. The zero-order chi connectivity index (χ0) is 13.2. The van der Waals surface area contributed by atoms with E-state index in [0.29, 0.717) is 0 Å². The highest BCUT2D eigenvalue weighted by molar-refractivity contribution is 5.95. The van der Waals surface area contributed by atoms with Gasteiger partial charge in [0.1, 0.15) is 0 Å². The minimum atomic E-state index is -0.708. The lowest BCUT2D eigenvalue weighted by Gasteiger charge is -2.20. The van der Waals surface area contributed by atoms with E-state index in [1.54, 1.807) is 0 Å². The van der Waals surface area contributed by atoms with E-state index in [2.05, 4.69) is 5.32 Å². The highest BCUT2D eigenvalue weighted by atomic mass is 16.6. The van der Waals surface area contributed by atoms with Crippen LogP contribution in [0.15, 0.2) is 18.2 Å². The Labute approximate surface area is 98.4 Å². The van der Waals surface area contributed by atoms with Crippen LogP contribution in [0.5, 0.6) is 5.75 Å². The molecule has 1 aromatic rings. The van der Waals surface area contributed by atoms with Gasteiger partial charge in [0.25, 0.3) is 5.91 Å². The summed E-state index contributed by atoms with van der Waals surface area (Å²) in [5, 5.41) is 22.6. The quantitative estimate of drug-likeness (QED) is 0.607. The second-order valence-electron chi connectivity index (χ2n) is 4.66. The molecule has 0 fully saturated rings. The topological polar surface area (TPSA) is 92.5 Å². The largest absolute Gasteiger partial charge is 0.502 e. The molecule has 0 radical (unpaired) electrons. The average Bonchev–Trinajstić information content (AvgIpc) is 2.14. The SMILES string of the molecule is CC(C)(C)NC(=O)c1ccc([N+](=O)[O-])c(O)c1. The Kier molecular flexibility index (Phi) is 3.36. The van der Waals surface area contributed by atoms with E-state index in [1.807, 2.05) is 20.8 Å². The molecule has 0 aliphatic heterocycles. The lowest BCUT2D eigenvalue weighted by molar-refractivity contribution is -0.385. The first kappa shape index (κ1) is 13.0. The number of amides is 1. The van der Waals surface area contributed by atoms with Crippen LogP contribution < -0.4 is 5.32 Å². The Morgan fingerprint density at radius 3 is 2.41 bits per heavy atom. The number of carbonyl (C=O) groups is 1. The Morgan fingerprint density at radius 1 is 1.41 bits per heavy atom. The lowest BCUT2D eigenvalue weighted by Crippen LogP contribution is -2.40. The number of phenolic OH excluding ortho intramolecular Hbond substituents is 1. The molecule has 1 rings (SSSR count). The molecule has 0 saturated carbocycles. The van der Waals surface area contributed by atoms with E-state index in [1.165, 1.54) is 6.07 Å². The van der Waals surface area contributed by atoms with Crippen molar-refractivity contribution >= 4 is 11.6 Å². The van der Waals surface area contributed by atoms with Crippen LogP contribution in [0.4, 0.5) is 5.69 Å². The Morgan fingerprint density at radius 2 is 2.00 bits per heavy atom. The first-order chi connectivity index (χ1) is 7.70. The van der Waals surface area contributed by atoms with Crippen molar-refractivity contribution in [1.29, 1.82) is 0 Å². The third kappa shape index (κ3) is 3.44. The molecule has 6 nitrogen and oxygen atoms in total. The predicted octanol–water partition coefficient (Wildman–Crippen LogP) is 1.83. The lowest BCUT2D eigenvalue weighted by atomic mass is 10.1. The summed E-state index contributed by atoms with van der Waals surface area (Å²) in [6.45, 7) is 5.45. The number of aromatic hydroxyl groups is 1. The Bertz CT molecular complexity index is 463. The van der Waals surface area contributed by atoms with Crippen molar-refractivity contribution in [1.82, 2.24) is 5.32 Å². The highest BCUT2D eigenvalue weighted by Crippen LogP contribution is 2.26. The van der Waals surface area contributed by atoms with Gasteiger partial charge >= 0.3 is 5.69 Å². The van der Waals surface area contributed by atoms with E-state index < -0.39 is 21.9 Å². The fourth-order valence-electron chi connectivity index (χ4n) is 1.23. The van der Waals surface area contributed by atoms with Crippen molar-refractivity contribution in [3.63, 3.8) is 0 Å². The van der Waals surface area contributed by atoms with Gasteiger partial charge in [0.05, 0.1) is 4.92 Å². The standard InChI is InChI=1S/C11H14N2O4/c1-11(2,3)12-10(15)7-4-5-8(13(16)17)9(14)6-7/h4-6,14H,1-3H3,(H,12,15). The van der Waals surface area contributed by atoms with Crippen molar-refractivity contribution in [3.8, 4) is 5.75 Å². The maximum absolute atomic E-state index is 11.7. The van der Waals surface area contributed by atoms with Crippen LogP contribution in [-0.4, -0.2) is 21.5 Å². The van der Waals surface area contributed by atoms with E-state index in [9.17, 15) is 20.0 Å². The average molecular weight is 238 g/mol. The molecule has 0 atom stereocenters. The number of carbonyl (C=O) groups excluding carboxylic acids is 1. The number of benzene rings is 1. The van der Waals surface area contributed by atoms with Crippen LogP contribution in [0.25, 0.3) is 0 Å². The van der Waals surface area contributed by atoms with Gasteiger partial charge in [-0.05, 0) is 32.9 Å². The fourth-order valence-corrected chi connectivity index (χ4v) is 1.23. The number of nitro groups is 1. The predicted molar refractivity (Wildman–Crippen MR) is 62.0 cm³/mol. The molecule has 2 N–H and O–H groups in total. The monoisotopic (exact) mass is 238 g/mol. The third-order valence-electron chi connectivity index (χ3n) is 1.92. The maximum Gasteiger partial charge on any atom is 0.310 e. The molecular formula is C11H14N2O4. The molecule has 0 saturated heterocycles. The molecule has 92 valence electrons. The summed E-state index contributed by atoms with van der Waals surface area (Å²) in [5.41, 5.74) is -0.644. The van der Waals surface area contributed by atoms with E-state index in [4.69, 9.17) is 0 Å². The van der Waals surface area contributed by atoms with Crippen LogP contribution in [0.3, 0.4) is 0 Å². The first-order valence-electron chi connectivity index (χ1n) is 5.00. The molecule has 0 bridgehead atoms. The molecule has 17 heavy (non-hydrogen) atoms. The number of nitro benzene ring substituents is 1. The van der Waals surface area contributed by atoms with Crippen LogP contribution >= 0.6 is 0 Å². The molecule has 0 aliphatic carbocycles. The van der Waals surface area contributed by atoms with Gasteiger partial charge in [0, 0.05) is 17.2 Å². The maximum atomic E-state index is 11.7. The number of phenols is 1.